The van der Waals surface area contributed by atoms with Crippen molar-refractivity contribution in [2.45, 2.75) is 0 Å². The number of ether oxygens (including phenoxy) is 1. The average molecular weight is 316 g/mol. The molecule has 0 aliphatic rings. The molecule has 0 aliphatic carbocycles. The van der Waals surface area contributed by atoms with Crippen molar-refractivity contribution in [3.05, 3.63) is 28.2 Å². The minimum Gasteiger partial charge on any atom is -0.383 e. The number of nitrogens with two attached hydrogens (primary N) is 1. The number of nitrogens with one attached hydrogen (secondary N) is 2. The predicted octanol–water partition coefficient (Wildman–Crippen LogP) is 1.20. The van der Waals surface area contributed by atoms with E-state index in [1.165, 1.54) is 0 Å². The van der Waals surface area contributed by atoms with Gasteiger partial charge in [-0.15, -0.1) is 0 Å². The molecule has 0 bridgehead atoms. The second-order valence-corrected chi connectivity index (χ2v) is 4.64. The molecule has 100 valence electrons. The van der Waals surface area contributed by atoms with Crippen LogP contribution in [0.3, 0.4) is 0 Å². The summed E-state index contributed by atoms with van der Waals surface area (Å²) in [5.74, 6) is -0.433. The van der Waals surface area contributed by atoms with Crippen LogP contribution in [0.25, 0.3) is 0 Å². The lowest BCUT2D eigenvalue weighted by atomic mass is 10.1. The van der Waals surface area contributed by atoms with E-state index >= 15 is 0 Å². The molecule has 0 aromatic heterocycles. The maximum absolute atomic E-state index is 11.2. The van der Waals surface area contributed by atoms with Gasteiger partial charge < -0.3 is 21.1 Å². The second kappa shape index (κ2) is 8.07. The number of hydrogen-bond acceptors (Lipinski definition) is 4. The van der Waals surface area contributed by atoms with Gasteiger partial charge in [0, 0.05) is 36.9 Å². The number of methoxy groups -OCH3 is 1. The highest BCUT2D eigenvalue weighted by molar-refractivity contribution is 9.10. The standard InChI is InChI=1S/C12H18BrN3O2/c1-18-7-6-15-4-5-16-11-8-9(13)2-3-10(11)12(14)17/h2-3,8,15-16H,4-7H2,1H3,(H2,14,17). The first kappa shape index (κ1) is 14.9. The van der Waals surface area contributed by atoms with Crippen molar-refractivity contribution >= 4 is 27.5 Å². The Morgan fingerprint density at radius 3 is 2.83 bits per heavy atom. The van der Waals surface area contributed by atoms with Gasteiger partial charge in [-0.05, 0) is 18.2 Å². The topological polar surface area (TPSA) is 76.4 Å². The molecule has 1 rings (SSSR count). The average Bonchev–Trinajstić information content (AvgIpc) is 2.33. The summed E-state index contributed by atoms with van der Waals surface area (Å²) in [7, 11) is 1.67. The zero-order valence-electron chi connectivity index (χ0n) is 10.3. The van der Waals surface area contributed by atoms with Crippen LogP contribution in [0, 0.1) is 0 Å². The van der Waals surface area contributed by atoms with Crippen molar-refractivity contribution in [3.63, 3.8) is 0 Å². The third-order valence-electron chi connectivity index (χ3n) is 2.35. The summed E-state index contributed by atoms with van der Waals surface area (Å²) in [6.45, 7) is 2.98. The Kier molecular flexibility index (Phi) is 6.70. The van der Waals surface area contributed by atoms with Crippen LogP contribution in [0.2, 0.25) is 0 Å². The highest BCUT2D eigenvalue weighted by Gasteiger charge is 2.07. The zero-order valence-corrected chi connectivity index (χ0v) is 11.9. The lowest BCUT2D eigenvalue weighted by Gasteiger charge is -2.11. The number of halogens is 1. The van der Waals surface area contributed by atoms with E-state index in [4.69, 9.17) is 10.5 Å². The largest absolute Gasteiger partial charge is 0.383 e. The van der Waals surface area contributed by atoms with Gasteiger partial charge in [0.15, 0.2) is 0 Å². The van der Waals surface area contributed by atoms with Gasteiger partial charge in [-0.25, -0.2) is 0 Å². The maximum Gasteiger partial charge on any atom is 0.250 e. The van der Waals surface area contributed by atoms with Gasteiger partial charge >= 0.3 is 0 Å². The third-order valence-corrected chi connectivity index (χ3v) is 2.84. The predicted molar refractivity (Wildman–Crippen MR) is 75.9 cm³/mol. The number of primary amides is 1. The van der Waals surface area contributed by atoms with E-state index < -0.39 is 5.91 Å². The fourth-order valence-electron chi connectivity index (χ4n) is 1.46. The van der Waals surface area contributed by atoms with Crippen molar-refractivity contribution < 1.29 is 9.53 Å². The molecule has 4 N–H and O–H groups in total. The molecule has 1 aromatic carbocycles. The normalized spacial score (nSPS) is 10.3. The van der Waals surface area contributed by atoms with Gasteiger partial charge in [-0.1, -0.05) is 15.9 Å². The summed E-state index contributed by atoms with van der Waals surface area (Å²) in [6.07, 6.45) is 0. The SMILES string of the molecule is COCCNCCNc1cc(Br)ccc1C(N)=O. The number of benzene rings is 1. The summed E-state index contributed by atoms with van der Waals surface area (Å²) in [6, 6.07) is 5.34. The van der Waals surface area contributed by atoms with E-state index in [0.717, 1.165) is 23.2 Å². The molecule has 0 fully saturated rings. The van der Waals surface area contributed by atoms with Crippen LogP contribution >= 0.6 is 15.9 Å². The van der Waals surface area contributed by atoms with Gasteiger partial charge in [-0.2, -0.15) is 0 Å². The van der Waals surface area contributed by atoms with Crippen LogP contribution in [0.15, 0.2) is 22.7 Å². The van der Waals surface area contributed by atoms with Gasteiger partial charge in [0.1, 0.15) is 0 Å². The molecule has 1 aromatic rings. The smallest absolute Gasteiger partial charge is 0.250 e. The lowest BCUT2D eigenvalue weighted by molar-refractivity contribution is 0.100. The number of carbonyl (C=O) groups excluding carboxylic acids is 1. The molecular weight excluding hydrogens is 298 g/mol. The Morgan fingerprint density at radius 1 is 1.39 bits per heavy atom. The van der Waals surface area contributed by atoms with Crippen LogP contribution in [0.1, 0.15) is 10.4 Å². The number of amides is 1. The Bertz CT molecular complexity index is 399. The quantitative estimate of drug-likeness (QED) is 0.630. The van der Waals surface area contributed by atoms with Gasteiger partial charge in [-0.3, -0.25) is 4.79 Å². The molecule has 0 aliphatic heterocycles. The monoisotopic (exact) mass is 315 g/mol. The maximum atomic E-state index is 11.2. The summed E-state index contributed by atoms with van der Waals surface area (Å²) < 4.78 is 5.83. The molecule has 0 atom stereocenters. The summed E-state index contributed by atoms with van der Waals surface area (Å²) >= 11 is 3.36. The molecule has 0 unspecified atom stereocenters. The first-order valence-corrected chi connectivity index (χ1v) is 6.47. The highest BCUT2D eigenvalue weighted by Crippen LogP contribution is 2.20. The number of rotatable bonds is 8. The highest BCUT2D eigenvalue weighted by atomic mass is 79.9. The van der Waals surface area contributed by atoms with E-state index in [1.807, 2.05) is 6.07 Å². The zero-order chi connectivity index (χ0) is 13.4. The van der Waals surface area contributed by atoms with Crippen LogP contribution in [-0.4, -0.2) is 39.3 Å². The molecule has 18 heavy (non-hydrogen) atoms. The number of hydrogen-bond donors (Lipinski definition) is 3. The van der Waals surface area contributed by atoms with Crippen molar-refractivity contribution in [1.82, 2.24) is 5.32 Å². The number of carbonyl (C=O) groups is 1. The first-order chi connectivity index (χ1) is 8.65. The summed E-state index contributed by atoms with van der Waals surface area (Å²) in [5, 5.41) is 6.38. The van der Waals surface area contributed by atoms with Crippen molar-refractivity contribution in [3.8, 4) is 0 Å². The molecule has 1 amide bonds. The van der Waals surface area contributed by atoms with Crippen molar-refractivity contribution in [1.29, 1.82) is 0 Å². The molecule has 0 saturated heterocycles. The Labute approximate surface area is 115 Å². The summed E-state index contributed by atoms with van der Waals surface area (Å²) in [4.78, 5) is 11.2. The van der Waals surface area contributed by atoms with Crippen LogP contribution in [0.4, 0.5) is 5.69 Å². The molecule has 0 heterocycles. The van der Waals surface area contributed by atoms with Crippen LogP contribution < -0.4 is 16.4 Å². The van der Waals surface area contributed by atoms with Crippen LogP contribution in [0.5, 0.6) is 0 Å². The van der Waals surface area contributed by atoms with Crippen molar-refractivity contribution in [2.75, 3.05) is 38.7 Å². The Morgan fingerprint density at radius 2 is 2.17 bits per heavy atom. The Balaban J connectivity index is 2.45. The van der Waals surface area contributed by atoms with E-state index in [2.05, 4.69) is 26.6 Å². The van der Waals surface area contributed by atoms with Gasteiger partial charge in [0.25, 0.3) is 5.91 Å². The molecule has 0 saturated carbocycles. The van der Waals surface area contributed by atoms with Crippen LogP contribution in [-0.2, 0) is 4.74 Å². The molecule has 5 nitrogen and oxygen atoms in total. The molecular formula is C12H18BrN3O2. The Hall–Kier alpha value is -1.11. The minimum absolute atomic E-state index is 0.433. The third kappa shape index (κ3) is 5.03. The van der Waals surface area contributed by atoms with E-state index in [-0.39, 0.29) is 0 Å². The summed E-state index contributed by atoms with van der Waals surface area (Å²) in [5.41, 5.74) is 6.54. The molecule has 0 radical (unpaired) electrons. The van der Waals surface area contributed by atoms with E-state index in [1.54, 1.807) is 19.2 Å². The van der Waals surface area contributed by atoms with Crippen molar-refractivity contribution in [2.24, 2.45) is 5.73 Å². The number of anilines is 1. The fourth-order valence-corrected chi connectivity index (χ4v) is 1.82. The first-order valence-electron chi connectivity index (χ1n) is 5.68. The van der Waals surface area contributed by atoms with E-state index in [9.17, 15) is 4.79 Å². The second-order valence-electron chi connectivity index (χ2n) is 3.72. The van der Waals surface area contributed by atoms with Gasteiger partial charge in [0.05, 0.1) is 12.2 Å². The molecule has 6 heteroatoms. The van der Waals surface area contributed by atoms with Gasteiger partial charge in [0.2, 0.25) is 0 Å². The lowest BCUT2D eigenvalue weighted by Crippen LogP contribution is -2.26. The van der Waals surface area contributed by atoms with E-state index in [0.29, 0.717) is 18.7 Å². The molecule has 0 spiro atoms. The minimum atomic E-state index is -0.433. The fraction of sp³-hybridized carbons (Fsp3) is 0.417.